The fourth-order valence-electron chi connectivity index (χ4n) is 2.38. The van der Waals surface area contributed by atoms with Crippen LogP contribution in [0.3, 0.4) is 0 Å². The smallest absolute Gasteiger partial charge is 0.308 e. The van der Waals surface area contributed by atoms with Gasteiger partial charge in [-0.15, -0.1) is 0 Å². The van der Waals surface area contributed by atoms with Crippen LogP contribution >= 0.6 is 0 Å². The lowest BCUT2D eigenvalue weighted by Gasteiger charge is -2.11. The summed E-state index contributed by atoms with van der Waals surface area (Å²) in [7, 11) is -4.45. The summed E-state index contributed by atoms with van der Waals surface area (Å²) in [4.78, 5) is 10.9. The molecule has 0 aliphatic rings. The molecule has 3 N–H and O–H groups in total. The lowest BCUT2D eigenvalue weighted by atomic mass is 10.3. The van der Waals surface area contributed by atoms with Gasteiger partial charge >= 0.3 is 6.03 Å². The molecule has 0 spiro atoms. The maximum Gasteiger partial charge on any atom is 0.323 e. The van der Waals surface area contributed by atoms with E-state index in [1.165, 1.54) is 24.3 Å². The summed E-state index contributed by atoms with van der Waals surface area (Å²) in [5, 5.41) is 5.22. The van der Waals surface area contributed by atoms with Crippen LogP contribution in [0.2, 0.25) is 0 Å². The second kappa shape index (κ2) is 8.05. The number of para-hydroxylation sites is 1. The minimum absolute atomic E-state index is 0.0803. The van der Waals surface area contributed by atoms with Gasteiger partial charge in [0.25, 0.3) is 10.0 Å². The van der Waals surface area contributed by atoms with Crippen molar-refractivity contribution in [2.75, 3.05) is 15.4 Å². The van der Waals surface area contributed by atoms with E-state index in [9.17, 15) is 22.0 Å². The molecule has 0 aliphatic carbocycles. The number of hydrogen-bond donors (Lipinski definition) is 3. The van der Waals surface area contributed by atoms with Crippen molar-refractivity contribution in [1.29, 1.82) is 0 Å². The molecule has 0 unspecified atom stereocenters. The number of anilines is 3. The average molecular weight is 403 g/mol. The van der Waals surface area contributed by atoms with Crippen LogP contribution in [0, 0.1) is 11.6 Å². The van der Waals surface area contributed by atoms with Gasteiger partial charge in [-0.2, -0.15) is 0 Å². The minimum atomic E-state index is -4.45. The monoisotopic (exact) mass is 403 g/mol. The van der Waals surface area contributed by atoms with Crippen molar-refractivity contribution in [3.63, 3.8) is 0 Å². The molecule has 0 atom stereocenters. The first-order chi connectivity index (χ1) is 13.3. The summed E-state index contributed by atoms with van der Waals surface area (Å²) in [5.74, 6) is -2.38. The first-order valence-electron chi connectivity index (χ1n) is 8.05. The Morgan fingerprint density at radius 1 is 0.679 bits per heavy atom. The maximum atomic E-state index is 13.7. The predicted octanol–water partition coefficient (Wildman–Crippen LogP) is 4.41. The zero-order valence-corrected chi connectivity index (χ0v) is 15.1. The second-order valence-corrected chi connectivity index (χ2v) is 7.30. The molecular weight excluding hydrogens is 388 g/mol. The number of carbonyl (C=O) groups excluding carboxylic acids is 1. The number of hydrogen-bond acceptors (Lipinski definition) is 3. The van der Waals surface area contributed by atoms with Crippen LogP contribution in [0.25, 0.3) is 0 Å². The van der Waals surface area contributed by atoms with Crippen LogP contribution in [0.5, 0.6) is 0 Å². The van der Waals surface area contributed by atoms with Gasteiger partial charge in [-0.25, -0.2) is 22.0 Å². The van der Waals surface area contributed by atoms with Crippen LogP contribution in [-0.2, 0) is 10.0 Å². The van der Waals surface area contributed by atoms with Gasteiger partial charge < -0.3 is 10.6 Å². The van der Waals surface area contributed by atoms with E-state index in [4.69, 9.17) is 0 Å². The Kier molecular flexibility index (Phi) is 5.55. The zero-order valence-electron chi connectivity index (χ0n) is 14.3. The lowest BCUT2D eigenvalue weighted by Crippen LogP contribution is -2.19. The molecule has 0 heterocycles. The summed E-state index contributed by atoms with van der Waals surface area (Å²) < 4.78 is 54.0. The predicted molar refractivity (Wildman–Crippen MR) is 103 cm³/mol. The largest absolute Gasteiger partial charge is 0.323 e. The Labute approximate surface area is 160 Å². The molecule has 0 aromatic heterocycles. The van der Waals surface area contributed by atoms with E-state index < -0.39 is 32.6 Å². The summed E-state index contributed by atoms with van der Waals surface area (Å²) >= 11 is 0. The van der Waals surface area contributed by atoms with Gasteiger partial charge in [-0.3, -0.25) is 4.72 Å². The number of carbonyl (C=O) groups is 1. The number of sulfonamides is 1. The quantitative estimate of drug-likeness (QED) is 0.590. The third kappa shape index (κ3) is 4.63. The van der Waals surface area contributed by atoms with Crippen LogP contribution in [0.15, 0.2) is 77.7 Å². The molecule has 144 valence electrons. The number of halogens is 2. The van der Waals surface area contributed by atoms with Crippen LogP contribution in [0.4, 0.5) is 30.6 Å². The standard InChI is InChI=1S/C19H15F2N3O3S/c20-16-7-4-8-17(21)18(16)28(26,27)24-15-11-9-14(10-12-15)23-19(25)22-13-5-2-1-3-6-13/h1-12,24H,(H2,22,23,25). The Balaban J connectivity index is 1.68. The Morgan fingerprint density at radius 2 is 1.18 bits per heavy atom. The molecule has 0 fully saturated rings. The fraction of sp³-hybridized carbons (Fsp3) is 0. The summed E-state index contributed by atoms with van der Waals surface area (Å²) in [5.41, 5.74) is 1.08. The first-order valence-corrected chi connectivity index (χ1v) is 9.53. The number of rotatable bonds is 5. The third-order valence-corrected chi connectivity index (χ3v) is 5.05. The van der Waals surface area contributed by atoms with E-state index in [-0.39, 0.29) is 5.69 Å². The van der Waals surface area contributed by atoms with Gasteiger partial charge in [-0.05, 0) is 48.5 Å². The van der Waals surface area contributed by atoms with Crippen LogP contribution < -0.4 is 15.4 Å². The molecule has 0 saturated carbocycles. The van der Waals surface area contributed by atoms with Gasteiger partial charge in [0.05, 0.1) is 0 Å². The molecule has 3 aromatic carbocycles. The van der Waals surface area contributed by atoms with E-state index in [1.807, 2.05) is 6.07 Å². The van der Waals surface area contributed by atoms with E-state index >= 15 is 0 Å². The molecule has 28 heavy (non-hydrogen) atoms. The van der Waals surface area contributed by atoms with E-state index in [0.29, 0.717) is 11.4 Å². The van der Waals surface area contributed by atoms with Gasteiger partial charge in [0.2, 0.25) is 0 Å². The Morgan fingerprint density at radius 3 is 1.75 bits per heavy atom. The SMILES string of the molecule is O=C(Nc1ccccc1)Nc1ccc(NS(=O)(=O)c2c(F)cccc2F)cc1. The highest BCUT2D eigenvalue weighted by Crippen LogP contribution is 2.22. The average Bonchev–Trinajstić information content (AvgIpc) is 2.63. The van der Waals surface area contributed by atoms with E-state index in [2.05, 4.69) is 15.4 Å². The zero-order chi connectivity index (χ0) is 20.1. The van der Waals surface area contributed by atoms with Gasteiger partial charge in [0.15, 0.2) is 4.90 Å². The van der Waals surface area contributed by atoms with Crippen molar-refractivity contribution in [1.82, 2.24) is 0 Å². The van der Waals surface area contributed by atoms with Crippen molar-refractivity contribution in [3.8, 4) is 0 Å². The first kappa shape index (κ1) is 19.3. The van der Waals surface area contributed by atoms with Crippen molar-refractivity contribution >= 4 is 33.1 Å². The van der Waals surface area contributed by atoms with Crippen molar-refractivity contribution in [2.45, 2.75) is 4.90 Å². The molecule has 3 aromatic rings. The lowest BCUT2D eigenvalue weighted by molar-refractivity contribution is 0.262. The molecule has 0 radical (unpaired) electrons. The molecule has 9 heteroatoms. The number of nitrogens with one attached hydrogen (secondary N) is 3. The van der Waals surface area contributed by atoms with E-state index in [1.54, 1.807) is 24.3 Å². The summed E-state index contributed by atoms with van der Waals surface area (Å²) in [6, 6.07) is 16.7. The normalized spacial score (nSPS) is 10.9. The molecule has 0 aliphatic heterocycles. The maximum absolute atomic E-state index is 13.7. The summed E-state index contributed by atoms with van der Waals surface area (Å²) in [6.07, 6.45) is 0. The highest BCUT2D eigenvalue weighted by molar-refractivity contribution is 7.92. The van der Waals surface area contributed by atoms with Gasteiger partial charge in [-0.1, -0.05) is 24.3 Å². The minimum Gasteiger partial charge on any atom is -0.308 e. The molecular formula is C19H15F2N3O3S. The highest BCUT2D eigenvalue weighted by atomic mass is 32.2. The molecule has 6 nitrogen and oxygen atoms in total. The molecule has 0 saturated heterocycles. The molecule has 3 rings (SSSR count). The van der Waals surface area contributed by atoms with Crippen LogP contribution in [-0.4, -0.2) is 14.4 Å². The summed E-state index contributed by atoms with van der Waals surface area (Å²) in [6.45, 7) is 0. The van der Waals surface area contributed by atoms with Crippen LogP contribution in [0.1, 0.15) is 0 Å². The Hall–Kier alpha value is -3.46. The van der Waals surface area contributed by atoms with Crippen molar-refractivity contribution in [2.24, 2.45) is 0 Å². The number of benzene rings is 3. The van der Waals surface area contributed by atoms with Crippen molar-refractivity contribution < 1.29 is 22.0 Å². The van der Waals surface area contributed by atoms with Gasteiger partial charge in [0.1, 0.15) is 11.6 Å². The second-order valence-electron chi connectivity index (χ2n) is 5.68. The fourth-order valence-corrected chi connectivity index (χ4v) is 3.58. The highest BCUT2D eigenvalue weighted by Gasteiger charge is 2.23. The third-order valence-electron chi connectivity index (χ3n) is 3.61. The Bertz CT molecular complexity index is 1070. The number of amides is 2. The topological polar surface area (TPSA) is 87.3 Å². The molecule has 0 bridgehead atoms. The molecule has 2 amide bonds. The number of urea groups is 1. The van der Waals surface area contributed by atoms with Gasteiger partial charge in [0, 0.05) is 17.1 Å². The van der Waals surface area contributed by atoms with Crippen molar-refractivity contribution in [3.05, 3.63) is 84.4 Å². The van der Waals surface area contributed by atoms with E-state index in [0.717, 1.165) is 18.2 Å².